The molecule has 176 valence electrons. The van der Waals surface area contributed by atoms with Gasteiger partial charge in [-0.2, -0.15) is 0 Å². The van der Waals surface area contributed by atoms with Crippen LogP contribution in [0.5, 0.6) is 0 Å². The van der Waals surface area contributed by atoms with Gasteiger partial charge in [-0.05, 0) is 69.3 Å². The molecule has 0 saturated heterocycles. The van der Waals surface area contributed by atoms with Gasteiger partial charge in [0.15, 0.2) is 0 Å². The number of carboxylic acids is 1. The largest absolute Gasteiger partial charge is 1.00 e. The SMILES string of the molecule is CCC(C)(CC)C(=O)O[C@H]1CCC=C2C=C[C@H](C)[C@H](CC[C@@H](O)C[C@@H](O)CC(=O)[O-])[C@H]21.[Na+]. The molecule has 0 heterocycles. The number of rotatable bonds is 11. The van der Waals surface area contributed by atoms with Gasteiger partial charge in [0.2, 0.25) is 0 Å². The maximum atomic E-state index is 13.0. The van der Waals surface area contributed by atoms with Crippen LogP contribution >= 0.6 is 0 Å². The Balaban J connectivity index is 0.00000512. The van der Waals surface area contributed by atoms with E-state index in [9.17, 15) is 24.9 Å². The van der Waals surface area contributed by atoms with Crippen LogP contribution in [0.3, 0.4) is 0 Å². The third-order valence-corrected chi connectivity index (χ3v) is 7.44. The third kappa shape index (κ3) is 7.69. The molecule has 0 saturated carbocycles. The van der Waals surface area contributed by atoms with Crippen LogP contribution in [0.15, 0.2) is 23.8 Å². The molecule has 2 aliphatic carbocycles. The van der Waals surface area contributed by atoms with E-state index in [4.69, 9.17) is 4.74 Å². The van der Waals surface area contributed by atoms with E-state index in [2.05, 4.69) is 25.2 Å². The third-order valence-electron chi connectivity index (χ3n) is 7.44. The van der Waals surface area contributed by atoms with Gasteiger partial charge >= 0.3 is 35.5 Å². The minimum Gasteiger partial charge on any atom is -0.550 e. The molecule has 0 aromatic rings. The Hall–Kier alpha value is -0.660. The van der Waals surface area contributed by atoms with E-state index in [0.29, 0.717) is 12.8 Å². The number of esters is 1. The summed E-state index contributed by atoms with van der Waals surface area (Å²) in [4.78, 5) is 23.6. The Morgan fingerprint density at radius 1 is 1.25 bits per heavy atom. The zero-order valence-corrected chi connectivity index (χ0v) is 22.4. The quantitative estimate of drug-likeness (QED) is 0.331. The van der Waals surface area contributed by atoms with Crippen LogP contribution in [0.4, 0.5) is 0 Å². The summed E-state index contributed by atoms with van der Waals surface area (Å²) in [5, 5.41) is 30.7. The molecule has 2 aliphatic rings. The minimum absolute atomic E-state index is 0. The van der Waals surface area contributed by atoms with Crippen molar-refractivity contribution in [3.05, 3.63) is 23.8 Å². The second kappa shape index (κ2) is 13.3. The first kappa shape index (κ1) is 29.4. The summed E-state index contributed by atoms with van der Waals surface area (Å²) in [6.45, 7) is 8.14. The fourth-order valence-corrected chi connectivity index (χ4v) is 4.86. The van der Waals surface area contributed by atoms with Crippen molar-refractivity contribution in [3.63, 3.8) is 0 Å². The molecule has 0 unspecified atom stereocenters. The Morgan fingerprint density at radius 3 is 2.50 bits per heavy atom. The monoisotopic (exact) mass is 458 g/mol. The standard InChI is InChI=1S/C25H40O6.Na/c1-5-25(4,6-2)24(30)31-21-9-7-8-17-11-10-16(3)20(23(17)21)13-12-18(26)14-19(27)15-22(28)29;/h8,10-11,16,18-21,23,26-27H,5-7,9,12-15H2,1-4H3,(H,28,29);/q;+1/p-1/t16-,18+,19+,20-,21-,23-;/m0./s1. The number of carbonyl (C=O) groups excluding carboxylic acids is 2. The summed E-state index contributed by atoms with van der Waals surface area (Å²) in [6.07, 6.45) is 8.34. The molecule has 0 aliphatic heterocycles. The molecule has 0 aromatic heterocycles. The molecule has 0 fully saturated rings. The minimum atomic E-state index is -1.32. The second-order valence-corrected chi connectivity index (χ2v) is 9.60. The molecular weight excluding hydrogens is 419 g/mol. The van der Waals surface area contributed by atoms with Gasteiger partial charge < -0.3 is 24.9 Å². The molecule has 0 aromatic carbocycles. The maximum Gasteiger partial charge on any atom is 1.00 e. The van der Waals surface area contributed by atoms with Crippen LogP contribution in [0, 0.1) is 23.2 Å². The fourth-order valence-electron chi connectivity index (χ4n) is 4.86. The topological polar surface area (TPSA) is 107 Å². The van der Waals surface area contributed by atoms with Crippen molar-refractivity contribution in [1.82, 2.24) is 0 Å². The Bertz CT molecular complexity index is 684. The molecule has 6 atom stereocenters. The molecule has 2 N–H and O–H groups in total. The van der Waals surface area contributed by atoms with Gasteiger partial charge in [0.05, 0.1) is 17.6 Å². The summed E-state index contributed by atoms with van der Waals surface area (Å²) < 4.78 is 6.11. The summed E-state index contributed by atoms with van der Waals surface area (Å²) in [6, 6.07) is 0. The number of aliphatic hydroxyl groups excluding tert-OH is 2. The summed E-state index contributed by atoms with van der Waals surface area (Å²) >= 11 is 0. The molecule has 0 radical (unpaired) electrons. The average Bonchev–Trinajstić information content (AvgIpc) is 2.71. The Labute approximate surface area is 214 Å². The van der Waals surface area contributed by atoms with Gasteiger partial charge in [-0.25, -0.2) is 0 Å². The van der Waals surface area contributed by atoms with Crippen molar-refractivity contribution in [2.75, 3.05) is 0 Å². The smallest absolute Gasteiger partial charge is 0.550 e. The maximum absolute atomic E-state index is 13.0. The van der Waals surface area contributed by atoms with Crippen molar-refractivity contribution in [1.29, 1.82) is 0 Å². The first-order valence-corrected chi connectivity index (χ1v) is 11.8. The van der Waals surface area contributed by atoms with E-state index in [1.54, 1.807) is 0 Å². The summed E-state index contributed by atoms with van der Waals surface area (Å²) in [7, 11) is 0. The van der Waals surface area contributed by atoms with Gasteiger partial charge in [-0.3, -0.25) is 4.79 Å². The van der Waals surface area contributed by atoms with Crippen molar-refractivity contribution < 1.29 is 59.2 Å². The molecule has 0 amide bonds. The van der Waals surface area contributed by atoms with E-state index in [-0.39, 0.29) is 65.8 Å². The molecular formula is C25H39NaO6. The van der Waals surface area contributed by atoms with Crippen LogP contribution in [0.1, 0.15) is 79.1 Å². The number of carbonyl (C=O) groups is 2. The van der Waals surface area contributed by atoms with Crippen LogP contribution < -0.4 is 34.7 Å². The molecule has 32 heavy (non-hydrogen) atoms. The predicted molar refractivity (Wildman–Crippen MR) is 117 cm³/mol. The van der Waals surface area contributed by atoms with Crippen molar-refractivity contribution in [2.24, 2.45) is 23.2 Å². The number of aliphatic carboxylic acids is 1. The number of hydrogen-bond acceptors (Lipinski definition) is 6. The van der Waals surface area contributed by atoms with Gasteiger partial charge in [0.25, 0.3) is 0 Å². The molecule has 7 heteroatoms. The number of aliphatic hydroxyl groups is 2. The van der Waals surface area contributed by atoms with Crippen LogP contribution in [0.25, 0.3) is 0 Å². The predicted octanol–water partition coefficient (Wildman–Crippen LogP) is -0.0809. The normalized spacial score (nSPS) is 26.9. The first-order valence-electron chi connectivity index (χ1n) is 11.8. The van der Waals surface area contributed by atoms with Crippen molar-refractivity contribution in [2.45, 2.75) is 97.4 Å². The average molecular weight is 459 g/mol. The summed E-state index contributed by atoms with van der Waals surface area (Å²) in [5.74, 6) is -0.882. The number of ether oxygens (including phenoxy) is 1. The summed E-state index contributed by atoms with van der Waals surface area (Å²) in [5.41, 5.74) is 0.728. The molecule has 2 rings (SSSR count). The van der Waals surface area contributed by atoms with E-state index in [0.717, 1.165) is 25.7 Å². The Morgan fingerprint density at radius 2 is 1.91 bits per heavy atom. The van der Waals surface area contributed by atoms with Gasteiger partial charge in [0, 0.05) is 18.3 Å². The van der Waals surface area contributed by atoms with E-state index >= 15 is 0 Å². The van der Waals surface area contributed by atoms with E-state index in [1.165, 1.54) is 5.57 Å². The van der Waals surface area contributed by atoms with E-state index < -0.39 is 30.0 Å². The second-order valence-electron chi connectivity index (χ2n) is 9.60. The van der Waals surface area contributed by atoms with Gasteiger partial charge in [-0.1, -0.05) is 39.0 Å². The molecule has 0 spiro atoms. The zero-order valence-electron chi connectivity index (χ0n) is 20.4. The number of fused-ring (bicyclic) bond motifs is 1. The molecule has 0 bridgehead atoms. The number of hydrogen-bond donors (Lipinski definition) is 2. The first-order chi connectivity index (χ1) is 14.6. The van der Waals surface area contributed by atoms with Crippen LogP contribution in [-0.4, -0.2) is 40.5 Å². The number of allylic oxidation sites excluding steroid dienone is 3. The van der Waals surface area contributed by atoms with Crippen molar-refractivity contribution in [3.8, 4) is 0 Å². The fraction of sp³-hybridized carbons (Fsp3) is 0.760. The van der Waals surface area contributed by atoms with E-state index in [1.807, 2.05) is 20.8 Å². The number of carboxylic acid groups (broad SMARTS) is 1. The van der Waals surface area contributed by atoms with Gasteiger partial charge in [-0.15, -0.1) is 0 Å². The van der Waals surface area contributed by atoms with Crippen LogP contribution in [-0.2, 0) is 14.3 Å². The Kier molecular flexibility index (Phi) is 12.2. The van der Waals surface area contributed by atoms with Gasteiger partial charge in [0.1, 0.15) is 6.10 Å². The van der Waals surface area contributed by atoms with Crippen LogP contribution in [0.2, 0.25) is 0 Å². The molecule has 6 nitrogen and oxygen atoms in total. The zero-order chi connectivity index (χ0) is 23.2. The van der Waals surface area contributed by atoms with Crippen molar-refractivity contribution >= 4 is 11.9 Å².